The molecule has 0 heterocycles. The molecule has 0 unspecified atom stereocenters. The molecule has 0 bridgehead atoms. The van der Waals surface area contributed by atoms with E-state index in [1.807, 2.05) is 6.07 Å². The van der Waals surface area contributed by atoms with Crippen LogP contribution in [-0.2, 0) is 16.0 Å². The average Bonchev–Trinajstić information content (AvgIpc) is 2.57. The van der Waals surface area contributed by atoms with Crippen molar-refractivity contribution in [2.45, 2.75) is 16.2 Å². The van der Waals surface area contributed by atoms with E-state index in [0.29, 0.717) is 18.7 Å². The standard InChI is InChI=1S/C14H15NS.C4H4O4/c15-11-10-12-6-4-5-9-14(12)16-13-7-2-1-3-8-13;5-3(6)1-2-4(7)8/h1-9H,10-11,15H2;1-2H,(H,5,6)(H,7,8)/b;2-1+. The molecule has 2 aromatic carbocycles. The van der Waals surface area contributed by atoms with Crippen LogP contribution in [0, 0.1) is 0 Å². The quantitative estimate of drug-likeness (QED) is 0.696. The fraction of sp³-hybridized carbons (Fsp3) is 0.111. The van der Waals surface area contributed by atoms with Gasteiger partial charge in [-0.3, -0.25) is 0 Å². The smallest absolute Gasteiger partial charge is 0.328 e. The normalized spacial score (nSPS) is 10.0. The van der Waals surface area contributed by atoms with Crippen molar-refractivity contribution in [2.24, 2.45) is 5.73 Å². The van der Waals surface area contributed by atoms with Crippen LogP contribution in [0.1, 0.15) is 5.56 Å². The Balaban J connectivity index is 0.000000307. The van der Waals surface area contributed by atoms with Gasteiger partial charge in [0.1, 0.15) is 0 Å². The molecule has 0 spiro atoms. The number of nitrogens with two attached hydrogens (primary N) is 1. The molecule has 0 amide bonds. The molecule has 126 valence electrons. The summed E-state index contributed by atoms with van der Waals surface area (Å²) < 4.78 is 0. The Morgan fingerprint density at radius 2 is 1.46 bits per heavy atom. The van der Waals surface area contributed by atoms with E-state index in [2.05, 4.69) is 48.5 Å². The summed E-state index contributed by atoms with van der Waals surface area (Å²) in [6.07, 6.45) is 2.06. The molecular formula is C18H19NO4S. The third-order valence-corrected chi connectivity index (χ3v) is 3.85. The maximum atomic E-state index is 9.55. The van der Waals surface area contributed by atoms with Gasteiger partial charge in [-0.15, -0.1) is 0 Å². The zero-order valence-electron chi connectivity index (χ0n) is 13.0. The lowest BCUT2D eigenvalue weighted by molar-refractivity contribution is -0.134. The van der Waals surface area contributed by atoms with Crippen LogP contribution in [0.25, 0.3) is 0 Å². The first-order valence-electron chi connectivity index (χ1n) is 7.17. The van der Waals surface area contributed by atoms with E-state index in [1.54, 1.807) is 11.8 Å². The molecule has 0 aromatic heterocycles. The molecule has 0 fully saturated rings. The molecule has 2 rings (SSSR count). The fourth-order valence-corrected chi connectivity index (χ4v) is 2.72. The zero-order valence-corrected chi connectivity index (χ0v) is 13.8. The summed E-state index contributed by atoms with van der Waals surface area (Å²) in [5, 5.41) is 15.6. The van der Waals surface area contributed by atoms with E-state index in [-0.39, 0.29) is 0 Å². The molecule has 0 saturated heterocycles. The van der Waals surface area contributed by atoms with Gasteiger partial charge in [0.25, 0.3) is 0 Å². The van der Waals surface area contributed by atoms with Gasteiger partial charge in [0, 0.05) is 21.9 Å². The molecule has 0 radical (unpaired) electrons. The predicted octanol–water partition coefficient (Wildman–Crippen LogP) is 3.05. The third kappa shape index (κ3) is 8.17. The highest BCUT2D eigenvalue weighted by Crippen LogP contribution is 2.30. The van der Waals surface area contributed by atoms with Crippen molar-refractivity contribution >= 4 is 23.7 Å². The number of benzene rings is 2. The number of carbonyl (C=O) groups is 2. The van der Waals surface area contributed by atoms with Crippen molar-refractivity contribution in [1.29, 1.82) is 0 Å². The van der Waals surface area contributed by atoms with E-state index in [1.165, 1.54) is 15.4 Å². The van der Waals surface area contributed by atoms with Gasteiger partial charge in [-0.1, -0.05) is 48.2 Å². The molecule has 0 saturated carbocycles. The Hall–Kier alpha value is -2.57. The summed E-state index contributed by atoms with van der Waals surface area (Å²) in [4.78, 5) is 21.7. The van der Waals surface area contributed by atoms with E-state index in [9.17, 15) is 9.59 Å². The summed E-state index contributed by atoms with van der Waals surface area (Å²) in [6, 6.07) is 18.9. The highest BCUT2D eigenvalue weighted by atomic mass is 32.2. The van der Waals surface area contributed by atoms with Gasteiger partial charge >= 0.3 is 11.9 Å². The molecule has 6 heteroatoms. The Labute approximate surface area is 144 Å². The minimum Gasteiger partial charge on any atom is -0.478 e. The first-order valence-corrected chi connectivity index (χ1v) is 7.99. The van der Waals surface area contributed by atoms with E-state index in [0.717, 1.165) is 6.42 Å². The van der Waals surface area contributed by atoms with Crippen LogP contribution in [0.3, 0.4) is 0 Å². The van der Waals surface area contributed by atoms with Crippen molar-refractivity contribution in [1.82, 2.24) is 0 Å². The Kier molecular flexibility index (Phi) is 8.96. The van der Waals surface area contributed by atoms with Gasteiger partial charge in [0.15, 0.2) is 0 Å². The zero-order chi connectivity index (χ0) is 17.8. The van der Waals surface area contributed by atoms with Gasteiger partial charge in [0.05, 0.1) is 0 Å². The third-order valence-electron chi connectivity index (χ3n) is 2.73. The molecular weight excluding hydrogens is 326 g/mol. The minimum atomic E-state index is -1.26. The summed E-state index contributed by atoms with van der Waals surface area (Å²) >= 11 is 1.80. The van der Waals surface area contributed by atoms with E-state index in [4.69, 9.17) is 15.9 Å². The van der Waals surface area contributed by atoms with Crippen molar-refractivity contribution in [2.75, 3.05) is 6.54 Å². The van der Waals surface area contributed by atoms with Crippen molar-refractivity contribution in [3.63, 3.8) is 0 Å². The van der Waals surface area contributed by atoms with E-state index >= 15 is 0 Å². The van der Waals surface area contributed by atoms with Crippen LogP contribution in [0.4, 0.5) is 0 Å². The second kappa shape index (κ2) is 11.0. The number of hydrogen-bond acceptors (Lipinski definition) is 4. The van der Waals surface area contributed by atoms with Gasteiger partial charge in [-0.2, -0.15) is 0 Å². The van der Waals surface area contributed by atoms with Gasteiger partial charge in [-0.05, 0) is 36.7 Å². The highest BCUT2D eigenvalue weighted by Gasteiger charge is 2.02. The summed E-state index contributed by atoms with van der Waals surface area (Å²) in [7, 11) is 0. The van der Waals surface area contributed by atoms with Gasteiger partial charge in [-0.25, -0.2) is 9.59 Å². The van der Waals surface area contributed by atoms with Gasteiger partial charge < -0.3 is 15.9 Å². The topological polar surface area (TPSA) is 101 Å². The Morgan fingerprint density at radius 1 is 0.917 bits per heavy atom. The molecule has 0 aliphatic carbocycles. The first-order chi connectivity index (χ1) is 11.5. The first kappa shape index (κ1) is 19.5. The maximum absolute atomic E-state index is 9.55. The van der Waals surface area contributed by atoms with Crippen molar-refractivity contribution < 1.29 is 19.8 Å². The molecule has 2 aromatic rings. The van der Waals surface area contributed by atoms with Crippen LogP contribution < -0.4 is 5.73 Å². The van der Waals surface area contributed by atoms with Crippen LogP contribution in [0.15, 0.2) is 76.5 Å². The highest BCUT2D eigenvalue weighted by molar-refractivity contribution is 7.99. The summed E-state index contributed by atoms with van der Waals surface area (Å²) in [5.41, 5.74) is 6.95. The van der Waals surface area contributed by atoms with Gasteiger partial charge in [0.2, 0.25) is 0 Å². The van der Waals surface area contributed by atoms with Crippen molar-refractivity contribution in [3.05, 3.63) is 72.3 Å². The monoisotopic (exact) mass is 345 g/mol. The SMILES string of the molecule is NCCc1ccccc1Sc1ccccc1.O=C(O)/C=C/C(=O)O. The second-order valence-corrected chi connectivity index (χ2v) is 5.69. The van der Waals surface area contributed by atoms with Crippen LogP contribution >= 0.6 is 11.8 Å². The maximum Gasteiger partial charge on any atom is 0.328 e. The minimum absolute atomic E-state index is 0.558. The number of carboxylic acid groups (broad SMARTS) is 2. The van der Waals surface area contributed by atoms with Crippen LogP contribution in [-0.4, -0.2) is 28.7 Å². The van der Waals surface area contributed by atoms with Crippen LogP contribution in [0.2, 0.25) is 0 Å². The molecule has 24 heavy (non-hydrogen) atoms. The lowest BCUT2D eigenvalue weighted by atomic mass is 10.1. The summed E-state index contributed by atoms with van der Waals surface area (Å²) in [6.45, 7) is 0.701. The molecule has 0 aliphatic heterocycles. The predicted molar refractivity (Wildman–Crippen MR) is 94.2 cm³/mol. The summed E-state index contributed by atoms with van der Waals surface area (Å²) in [5.74, 6) is -2.51. The average molecular weight is 345 g/mol. The lowest BCUT2D eigenvalue weighted by Gasteiger charge is -2.07. The van der Waals surface area contributed by atoms with E-state index < -0.39 is 11.9 Å². The number of rotatable bonds is 6. The number of aliphatic carboxylic acids is 2. The molecule has 0 aliphatic rings. The second-order valence-electron chi connectivity index (χ2n) is 4.57. The lowest BCUT2D eigenvalue weighted by Crippen LogP contribution is -2.03. The molecule has 0 atom stereocenters. The largest absolute Gasteiger partial charge is 0.478 e. The van der Waals surface area contributed by atoms with Crippen LogP contribution in [0.5, 0.6) is 0 Å². The molecule has 5 nitrogen and oxygen atoms in total. The fourth-order valence-electron chi connectivity index (χ4n) is 1.72. The Bertz CT molecular complexity index is 670. The Morgan fingerprint density at radius 3 is 2.00 bits per heavy atom. The number of hydrogen-bond donors (Lipinski definition) is 3. The molecule has 4 N–H and O–H groups in total. The number of carboxylic acids is 2. The van der Waals surface area contributed by atoms with Crippen molar-refractivity contribution in [3.8, 4) is 0 Å².